The molecule has 0 spiro atoms. The van der Waals surface area contributed by atoms with Gasteiger partial charge in [-0.25, -0.2) is 4.39 Å². The summed E-state index contributed by atoms with van der Waals surface area (Å²) in [5.41, 5.74) is 0.254. The van der Waals surface area contributed by atoms with E-state index in [0.717, 1.165) is 38.9 Å². The fourth-order valence-corrected chi connectivity index (χ4v) is 2.79. The van der Waals surface area contributed by atoms with Crippen LogP contribution in [0.15, 0.2) is 24.3 Å². The van der Waals surface area contributed by atoms with E-state index in [1.165, 1.54) is 6.07 Å². The zero-order valence-electron chi connectivity index (χ0n) is 12.6. The van der Waals surface area contributed by atoms with Crippen molar-refractivity contribution in [3.8, 4) is 0 Å². The van der Waals surface area contributed by atoms with Gasteiger partial charge >= 0.3 is 0 Å². The molecule has 2 N–H and O–H groups in total. The second kappa shape index (κ2) is 8.10. The lowest BCUT2D eigenvalue weighted by Crippen LogP contribution is -2.46. The van der Waals surface area contributed by atoms with Crippen LogP contribution in [-0.4, -0.2) is 43.0 Å². The molecule has 1 saturated heterocycles. The predicted molar refractivity (Wildman–Crippen MR) is 82.8 cm³/mol. The van der Waals surface area contributed by atoms with Crippen LogP contribution in [0.2, 0.25) is 0 Å². The van der Waals surface area contributed by atoms with Crippen molar-refractivity contribution in [2.24, 2.45) is 0 Å². The van der Waals surface area contributed by atoms with Gasteiger partial charge in [0.05, 0.1) is 12.2 Å². The van der Waals surface area contributed by atoms with Gasteiger partial charge in [-0.15, -0.1) is 0 Å². The van der Waals surface area contributed by atoms with Crippen molar-refractivity contribution in [2.75, 3.05) is 31.5 Å². The first-order chi connectivity index (χ1) is 10.2. The molecule has 0 saturated carbocycles. The summed E-state index contributed by atoms with van der Waals surface area (Å²) in [5, 5.41) is 6.00. The van der Waals surface area contributed by atoms with Crippen molar-refractivity contribution in [3.63, 3.8) is 0 Å². The predicted octanol–water partition coefficient (Wildman–Crippen LogP) is 2.23. The van der Waals surface area contributed by atoms with Crippen LogP contribution in [0, 0.1) is 5.82 Å². The summed E-state index contributed by atoms with van der Waals surface area (Å²) in [7, 11) is 0. The van der Waals surface area contributed by atoms with Crippen molar-refractivity contribution < 1.29 is 9.18 Å². The molecule has 5 heteroatoms. The number of carbonyl (C=O) groups excluding carboxylic acids is 1. The SMILES string of the molecule is CCCN(CC(=O)Nc1ccccc1F)C1CCNCC1. The number of hydrogen-bond donors (Lipinski definition) is 2. The molecular formula is C16H24FN3O. The molecule has 2 rings (SSSR count). The van der Waals surface area contributed by atoms with E-state index in [-0.39, 0.29) is 11.6 Å². The molecule has 0 aromatic heterocycles. The quantitative estimate of drug-likeness (QED) is 0.845. The Morgan fingerprint density at radius 3 is 2.76 bits per heavy atom. The second-order valence-corrected chi connectivity index (χ2v) is 5.48. The summed E-state index contributed by atoms with van der Waals surface area (Å²) < 4.78 is 13.6. The Morgan fingerprint density at radius 2 is 2.10 bits per heavy atom. The highest BCUT2D eigenvalue weighted by Crippen LogP contribution is 2.15. The topological polar surface area (TPSA) is 44.4 Å². The summed E-state index contributed by atoms with van der Waals surface area (Å²) in [6.45, 7) is 5.34. The maximum atomic E-state index is 13.6. The molecular weight excluding hydrogens is 269 g/mol. The van der Waals surface area contributed by atoms with Crippen molar-refractivity contribution in [1.29, 1.82) is 0 Å². The van der Waals surface area contributed by atoms with Gasteiger partial charge in [0.15, 0.2) is 0 Å². The van der Waals surface area contributed by atoms with Crippen LogP contribution in [0.4, 0.5) is 10.1 Å². The Bertz CT molecular complexity index is 461. The number of benzene rings is 1. The number of carbonyl (C=O) groups is 1. The molecule has 0 bridgehead atoms. The maximum Gasteiger partial charge on any atom is 0.238 e. The Balaban J connectivity index is 1.93. The second-order valence-electron chi connectivity index (χ2n) is 5.48. The molecule has 0 aliphatic carbocycles. The van der Waals surface area contributed by atoms with Crippen LogP contribution < -0.4 is 10.6 Å². The number of amides is 1. The molecule has 1 fully saturated rings. The van der Waals surface area contributed by atoms with Gasteiger partial charge in [-0.1, -0.05) is 19.1 Å². The number of rotatable bonds is 6. The van der Waals surface area contributed by atoms with Gasteiger partial charge in [-0.3, -0.25) is 9.69 Å². The molecule has 21 heavy (non-hydrogen) atoms. The Morgan fingerprint density at radius 1 is 1.38 bits per heavy atom. The number of para-hydroxylation sites is 1. The van der Waals surface area contributed by atoms with Crippen molar-refractivity contribution in [1.82, 2.24) is 10.2 Å². The fourth-order valence-electron chi connectivity index (χ4n) is 2.79. The highest BCUT2D eigenvalue weighted by molar-refractivity contribution is 5.92. The molecule has 0 radical (unpaired) electrons. The van der Waals surface area contributed by atoms with E-state index < -0.39 is 5.82 Å². The van der Waals surface area contributed by atoms with E-state index in [1.54, 1.807) is 18.2 Å². The van der Waals surface area contributed by atoms with Gasteiger partial charge in [0.25, 0.3) is 0 Å². The van der Waals surface area contributed by atoms with Crippen LogP contribution in [-0.2, 0) is 4.79 Å². The van der Waals surface area contributed by atoms with Crippen molar-refractivity contribution in [3.05, 3.63) is 30.1 Å². The van der Waals surface area contributed by atoms with Gasteiger partial charge in [0.2, 0.25) is 5.91 Å². The van der Waals surface area contributed by atoms with Crippen LogP contribution in [0.5, 0.6) is 0 Å². The molecule has 1 aliphatic rings. The zero-order chi connectivity index (χ0) is 15.1. The molecule has 0 atom stereocenters. The van der Waals surface area contributed by atoms with E-state index in [9.17, 15) is 9.18 Å². The first-order valence-corrected chi connectivity index (χ1v) is 7.70. The maximum absolute atomic E-state index is 13.6. The van der Waals surface area contributed by atoms with E-state index in [0.29, 0.717) is 12.6 Å². The molecule has 1 aliphatic heterocycles. The average Bonchev–Trinajstić information content (AvgIpc) is 2.50. The standard InChI is InChI=1S/C16H24FN3O/c1-2-11-20(13-7-9-18-10-8-13)12-16(21)19-15-6-4-3-5-14(15)17/h3-6,13,18H,2,7-12H2,1H3,(H,19,21). The smallest absolute Gasteiger partial charge is 0.238 e. The monoisotopic (exact) mass is 293 g/mol. The van der Waals surface area contributed by atoms with E-state index in [1.807, 2.05) is 0 Å². The number of anilines is 1. The van der Waals surface area contributed by atoms with E-state index >= 15 is 0 Å². The molecule has 1 aromatic carbocycles. The molecule has 1 amide bonds. The van der Waals surface area contributed by atoms with Crippen molar-refractivity contribution >= 4 is 11.6 Å². The lowest BCUT2D eigenvalue weighted by Gasteiger charge is -2.34. The summed E-state index contributed by atoms with van der Waals surface area (Å²) in [4.78, 5) is 14.4. The number of nitrogens with zero attached hydrogens (tertiary/aromatic N) is 1. The van der Waals surface area contributed by atoms with Gasteiger partial charge in [0.1, 0.15) is 5.82 Å². The highest BCUT2D eigenvalue weighted by atomic mass is 19.1. The minimum Gasteiger partial charge on any atom is -0.322 e. The third-order valence-electron chi connectivity index (χ3n) is 3.83. The number of halogens is 1. The average molecular weight is 293 g/mol. The Labute approximate surface area is 125 Å². The first-order valence-electron chi connectivity index (χ1n) is 7.70. The number of hydrogen-bond acceptors (Lipinski definition) is 3. The largest absolute Gasteiger partial charge is 0.322 e. The summed E-state index contributed by atoms with van der Waals surface area (Å²) in [5.74, 6) is -0.540. The van der Waals surface area contributed by atoms with Crippen LogP contribution in [0.25, 0.3) is 0 Å². The summed E-state index contributed by atoms with van der Waals surface area (Å²) >= 11 is 0. The molecule has 1 heterocycles. The van der Waals surface area contributed by atoms with E-state index in [4.69, 9.17) is 0 Å². The number of nitrogens with one attached hydrogen (secondary N) is 2. The highest BCUT2D eigenvalue weighted by Gasteiger charge is 2.22. The van der Waals surface area contributed by atoms with Gasteiger partial charge in [0, 0.05) is 6.04 Å². The molecule has 0 unspecified atom stereocenters. The Hall–Kier alpha value is -1.46. The lowest BCUT2D eigenvalue weighted by atomic mass is 10.0. The molecule has 116 valence electrons. The molecule has 1 aromatic rings. The first kappa shape index (κ1) is 15.9. The zero-order valence-corrected chi connectivity index (χ0v) is 12.6. The number of piperidine rings is 1. The van der Waals surface area contributed by atoms with E-state index in [2.05, 4.69) is 22.5 Å². The summed E-state index contributed by atoms with van der Waals surface area (Å²) in [6, 6.07) is 6.71. The Kier molecular flexibility index (Phi) is 6.14. The van der Waals surface area contributed by atoms with Gasteiger partial charge < -0.3 is 10.6 Å². The lowest BCUT2D eigenvalue weighted by molar-refractivity contribution is -0.118. The van der Waals surface area contributed by atoms with Crippen LogP contribution >= 0.6 is 0 Å². The minimum absolute atomic E-state index is 0.146. The molecule has 4 nitrogen and oxygen atoms in total. The third kappa shape index (κ3) is 4.79. The fraction of sp³-hybridized carbons (Fsp3) is 0.562. The van der Waals surface area contributed by atoms with Crippen LogP contribution in [0.1, 0.15) is 26.2 Å². The van der Waals surface area contributed by atoms with Gasteiger partial charge in [-0.2, -0.15) is 0 Å². The minimum atomic E-state index is -0.394. The summed E-state index contributed by atoms with van der Waals surface area (Å²) in [6.07, 6.45) is 3.14. The normalized spacial score (nSPS) is 16.1. The third-order valence-corrected chi connectivity index (χ3v) is 3.83. The van der Waals surface area contributed by atoms with Crippen molar-refractivity contribution in [2.45, 2.75) is 32.2 Å². The van der Waals surface area contributed by atoms with Gasteiger partial charge in [-0.05, 0) is 51.0 Å². The van der Waals surface area contributed by atoms with Crippen LogP contribution in [0.3, 0.4) is 0 Å².